The molecule has 0 aromatic carbocycles. The molecule has 17 heavy (non-hydrogen) atoms. The van der Waals surface area contributed by atoms with Crippen LogP contribution < -0.4 is 11.3 Å². The second kappa shape index (κ2) is 5.30. The Morgan fingerprint density at radius 2 is 2.41 bits per heavy atom. The van der Waals surface area contributed by atoms with Crippen molar-refractivity contribution in [3.8, 4) is 0 Å². The third-order valence-corrected chi connectivity index (χ3v) is 3.53. The van der Waals surface area contributed by atoms with Crippen molar-refractivity contribution in [2.24, 2.45) is 5.84 Å². The molecule has 0 fully saturated rings. The fourth-order valence-electron chi connectivity index (χ4n) is 1.68. The molecule has 3 N–H and O–H groups in total. The molecule has 1 atom stereocenters. The van der Waals surface area contributed by atoms with E-state index in [1.165, 1.54) is 11.5 Å². The molecule has 0 aliphatic carbocycles. The highest BCUT2D eigenvalue weighted by Crippen LogP contribution is 2.22. The smallest absolute Gasteiger partial charge is 0.138 e. The highest BCUT2D eigenvalue weighted by atomic mass is 32.1. The van der Waals surface area contributed by atoms with Gasteiger partial charge in [-0.1, -0.05) is 4.49 Å². The van der Waals surface area contributed by atoms with Crippen LogP contribution in [0.2, 0.25) is 0 Å². The SMILES string of the molecule is CCn1ncnc1CC(NN)c1snnc1C. The summed E-state index contributed by atoms with van der Waals surface area (Å²) in [5.41, 5.74) is 3.69. The molecule has 1 unspecified atom stereocenters. The highest BCUT2D eigenvalue weighted by molar-refractivity contribution is 7.05. The van der Waals surface area contributed by atoms with E-state index in [-0.39, 0.29) is 6.04 Å². The van der Waals surface area contributed by atoms with Gasteiger partial charge >= 0.3 is 0 Å². The maximum Gasteiger partial charge on any atom is 0.138 e. The molecule has 0 aliphatic rings. The summed E-state index contributed by atoms with van der Waals surface area (Å²) in [5.74, 6) is 6.49. The van der Waals surface area contributed by atoms with Crippen molar-refractivity contribution < 1.29 is 0 Å². The highest BCUT2D eigenvalue weighted by Gasteiger charge is 2.18. The van der Waals surface area contributed by atoms with Gasteiger partial charge in [0.15, 0.2) is 0 Å². The van der Waals surface area contributed by atoms with Crippen molar-refractivity contribution in [2.75, 3.05) is 0 Å². The molecule has 0 amide bonds. The van der Waals surface area contributed by atoms with Crippen LogP contribution in [0.4, 0.5) is 0 Å². The van der Waals surface area contributed by atoms with E-state index in [1.807, 2.05) is 18.5 Å². The van der Waals surface area contributed by atoms with Gasteiger partial charge < -0.3 is 0 Å². The van der Waals surface area contributed by atoms with Crippen LogP contribution in [0.3, 0.4) is 0 Å². The summed E-state index contributed by atoms with van der Waals surface area (Å²) >= 11 is 1.36. The van der Waals surface area contributed by atoms with Gasteiger partial charge in [0.1, 0.15) is 12.2 Å². The van der Waals surface area contributed by atoms with Crippen molar-refractivity contribution in [1.29, 1.82) is 0 Å². The van der Waals surface area contributed by atoms with Gasteiger partial charge in [0.05, 0.1) is 16.6 Å². The lowest BCUT2D eigenvalue weighted by Crippen LogP contribution is -2.30. The molecule has 92 valence electrons. The first kappa shape index (κ1) is 12.1. The number of hydrogen-bond donors (Lipinski definition) is 2. The van der Waals surface area contributed by atoms with E-state index >= 15 is 0 Å². The number of nitrogens with one attached hydrogen (secondary N) is 1. The first-order chi connectivity index (χ1) is 8.26. The monoisotopic (exact) mass is 253 g/mol. The van der Waals surface area contributed by atoms with Crippen LogP contribution in [0.15, 0.2) is 6.33 Å². The minimum atomic E-state index is -0.0236. The van der Waals surface area contributed by atoms with Gasteiger partial charge in [-0.2, -0.15) is 5.10 Å². The van der Waals surface area contributed by atoms with E-state index in [2.05, 4.69) is 25.1 Å². The maximum absolute atomic E-state index is 5.58. The van der Waals surface area contributed by atoms with Gasteiger partial charge in [-0.05, 0) is 25.4 Å². The third-order valence-electron chi connectivity index (χ3n) is 2.59. The number of aryl methyl sites for hydroxylation is 2. The molecule has 0 saturated carbocycles. The zero-order valence-corrected chi connectivity index (χ0v) is 10.6. The summed E-state index contributed by atoms with van der Waals surface area (Å²) < 4.78 is 5.77. The molecule has 0 aliphatic heterocycles. The normalized spacial score (nSPS) is 12.9. The standard InChI is InChI=1S/C9H15N7S/c1-3-16-8(11-5-12-16)4-7(13-10)9-6(2)14-15-17-9/h5,7,13H,3-4,10H2,1-2H3. The molecule has 7 nitrogen and oxygen atoms in total. The molecule has 2 aromatic heterocycles. The van der Waals surface area contributed by atoms with Gasteiger partial charge in [0.25, 0.3) is 0 Å². The fourth-order valence-corrected chi connectivity index (χ4v) is 2.38. The Morgan fingerprint density at radius 1 is 1.59 bits per heavy atom. The van der Waals surface area contributed by atoms with Crippen molar-refractivity contribution >= 4 is 11.5 Å². The predicted octanol–water partition coefficient (Wildman–Crippen LogP) is 0.205. The molecular weight excluding hydrogens is 238 g/mol. The summed E-state index contributed by atoms with van der Waals surface area (Å²) in [6.07, 6.45) is 2.24. The zero-order chi connectivity index (χ0) is 12.3. The average molecular weight is 253 g/mol. The number of hydrogen-bond acceptors (Lipinski definition) is 7. The van der Waals surface area contributed by atoms with E-state index in [0.29, 0.717) is 6.42 Å². The Kier molecular flexibility index (Phi) is 3.77. The van der Waals surface area contributed by atoms with Gasteiger partial charge in [-0.25, -0.2) is 4.98 Å². The fraction of sp³-hybridized carbons (Fsp3) is 0.556. The lowest BCUT2D eigenvalue weighted by atomic mass is 10.1. The minimum absolute atomic E-state index is 0.0236. The van der Waals surface area contributed by atoms with Crippen LogP contribution in [-0.2, 0) is 13.0 Å². The molecule has 0 radical (unpaired) electrons. The van der Waals surface area contributed by atoms with E-state index in [4.69, 9.17) is 5.84 Å². The van der Waals surface area contributed by atoms with Crippen LogP contribution in [0.25, 0.3) is 0 Å². The largest absolute Gasteiger partial charge is 0.271 e. The van der Waals surface area contributed by atoms with Crippen molar-refractivity contribution in [3.63, 3.8) is 0 Å². The Balaban J connectivity index is 2.19. The lowest BCUT2D eigenvalue weighted by molar-refractivity contribution is 0.514. The van der Waals surface area contributed by atoms with E-state index in [9.17, 15) is 0 Å². The Hall–Kier alpha value is -1.38. The topological polar surface area (TPSA) is 94.5 Å². The molecule has 2 heterocycles. The van der Waals surface area contributed by atoms with Crippen LogP contribution in [0.5, 0.6) is 0 Å². The third kappa shape index (κ3) is 2.48. The van der Waals surface area contributed by atoms with Gasteiger partial charge in [-0.3, -0.25) is 16.0 Å². The Morgan fingerprint density at radius 3 is 3.00 bits per heavy atom. The van der Waals surface area contributed by atoms with E-state index < -0.39 is 0 Å². The van der Waals surface area contributed by atoms with Crippen molar-refractivity contribution in [2.45, 2.75) is 32.9 Å². The van der Waals surface area contributed by atoms with Crippen molar-refractivity contribution in [3.05, 3.63) is 22.7 Å². The van der Waals surface area contributed by atoms with Gasteiger partial charge in [0, 0.05) is 13.0 Å². The quantitative estimate of drug-likeness (QED) is 0.584. The molecule has 0 bridgehead atoms. The van der Waals surface area contributed by atoms with Crippen molar-refractivity contribution in [1.82, 2.24) is 29.8 Å². The molecule has 0 saturated heterocycles. The molecule has 2 rings (SSSR count). The van der Waals surface area contributed by atoms with Crippen LogP contribution in [0, 0.1) is 6.92 Å². The second-order valence-corrected chi connectivity index (χ2v) is 4.42. The maximum atomic E-state index is 5.58. The van der Waals surface area contributed by atoms with Crippen LogP contribution in [0.1, 0.15) is 29.4 Å². The molecule has 0 spiro atoms. The van der Waals surface area contributed by atoms with E-state index in [1.54, 1.807) is 6.33 Å². The molecular formula is C9H15N7S. The summed E-state index contributed by atoms with van der Waals surface area (Å²) in [6, 6.07) is -0.0236. The molecule has 8 heteroatoms. The summed E-state index contributed by atoms with van der Waals surface area (Å²) in [6.45, 7) is 4.75. The first-order valence-electron chi connectivity index (χ1n) is 5.38. The number of nitrogens with zero attached hydrogens (tertiary/aromatic N) is 5. The Bertz CT molecular complexity index is 477. The average Bonchev–Trinajstić information content (AvgIpc) is 2.94. The van der Waals surface area contributed by atoms with Gasteiger partial charge in [-0.15, -0.1) is 5.10 Å². The summed E-state index contributed by atoms with van der Waals surface area (Å²) in [5, 5.41) is 8.12. The number of rotatable bonds is 5. The molecule has 2 aromatic rings. The summed E-state index contributed by atoms with van der Waals surface area (Å²) in [4.78, 5) is 5.27. The van der Waals surface area contributed by atoms with Crippen LogP contribution >= 0.6 is 11.5 Å². The Labute approximate surface area is 103 Å². The first-order valence-corrected chi connectivity index (χ1v) is 6.15. The van der Waals surface area contributed by atoms with Gasteiger partial charge in [0.2, 0.25) is 0 Å². The number of aromatic nitrogens is 5. The zero-order valence-electron chi connectivity index (χ0n) is 9.79. The second-order valence-electron chi connectivity index (χ2n) is 3.64. The minimum Gasteiger partial charge on any atom is -0.271 e. The number of nitrogens with two attached hydrogens (primary N) is 1. The van der Waals surface area contributed by atoms with E-state index in [0.717, 1.165) is 22.9 Å². The van der Waals surface area contributed by atoms with Crippen LogP contribution in [-0.4, -0.2) is 24.4 Å². The summed E-state index contributed by atoms with van der Waals surface area (Å²) in [7, 11) is 0. The lowest BCUT2D eigenvalue weighted by Gasteiger charge is -2.13. The predicted molar refractivity (Wildman–Crippen MR) is 64.1 cm³/mol. The number of hydrazine groups is 1.